The molecule has 0 radical (unpaired) electrons. The number of unbranched alkanes of at least 4 members (excludes halogenated alkanes) is 17. The third-order valence-electron chi connectivity index (χ3n) is 6.98. The summed E-state index contributed by atoms with van der Waals surface area (Å²) in [6.07, 6.45) is 25.6. The van der Waals surface area contributed by atoms with Gasteiger partial charge >= 0.3 is 0 Å². The first-order chi connectivity index (χ1) is 15.7. The zero-order chi connectivity index (χ0) is 24.8. The van der Waals surface area contributed by atoms with E-state index in [-0.39, 0.29) is 6.42 Å². The predicted octanol–water partition coefficient (Wildman–Crippen LogP) is 6.78. The van der Waals surface area contributed by atoms with E-state index in [2.05, 4.69) is 21.0 Å². The largest absolute Gasteiger partial charge is 0.550 e. The van der Waals surface area contributed by atoms with Crippen molar-refractivity contribution < 1.29 is 19.5 Å². The molecule has 0 aliphatic carbocycles. The van der Waals surface area contributed by atoms with E-state index in [1.54, 1.807) is 0 Å². The van der Waals surface area contributed by atoms with Gasteiger partial charge in [0.05, 0.1) is 20.6 Å². The Morgan fingerprint density at radius 1 is 0.697 bits per heavy atom. The zero-order valence-electron chi connectivity index (χ0n) is 23.0. The molecular formula is C29H59NO3. The standard InChI is InChI=1S/C29H59NO3/c1-5-6-7-8-9-10-11-12-13-14-15-16-17-18-19-22-25-29(2,33)27-30(3,4)26-23-20-21-24-28(31)32/h33H,5-27H2,1-4H3. The average Bonchev–Trinajstić information content (AvgIpc) is 2.72. The second-order valence-corrected chi connectivity index (χ2v) is 11.6. The minimum Gasteiger partial charge on any atom is -0.550 e. The van der Waals surface area contributed by atoms with E-state index in [0.717, 1.165) is 43.3 Å². The highest BCUT2D eigenvalue weighted by Crippen LogP contribution is 2.20. The van der Waals surface area contributed by atoms with Crippen LogP contribution in [0, 0.1) is 0 Å². The second-order valence-electron chi connectivity index (χ2n) is 11.6. The fourth-order valence-electron chi connectivity index (χ4n) is 5.12. The molecule has 33 heavy (non-hydrogen) atoms. The van der Waals surface area contributed by atoms with Gasteiger partial charge in [-0.2, -0.15) is 0 Å². The summed E-state index contributed by atoms with van der Waals surface area (Å²) < 4.78 is 0.789. The lowest BCUT2D eigenvalue weighted by molar-refractivity contribution is -0.896. The number of aliphatic carboxylic acids is 1. The van der Waals surface area contributed by atoms with Crippen molar-refractivity contribution in [1.82, 2.24) is 0 Å². The summed E-state index contributed by atoms with van der Waals surface area (Å²) >= 11 is 0. The van der Waals surface area contributed by atoms with Gasteiger partial charge in [-0.1, -0.05) is 110 Å². The molecule has 0 fully saturated rings. The van der Waals surface area contributed by atoms with Crippen LogP contribution >= 0.6 is 0 Å². The van der Waals surface area contributed by atoms with Gasteiger partial charge in [-0.3, -0.25) is 0 Å². The first-order valence-corrected chi connectivity index (χ1v) is 14.4. The van der Waals surface area contributed by atoms with E-state index in [9.17, 15) is 15.0 Å². The molecule has 0 aromatic heterocycles. The van der Waals surface area contributed by atoms with Gasteiger partial charge in [0.15, 0.2) is 0 Å². The van der Waals surface area contributed by atoms with Crippen LogP contribution in [0.25, 0.3) is 0 Å². The van der Waals surface area contributed by atoms with Crippen LogP contribution < -0.4 is 5.11 Å². The molecule has 0 aliphatic heterocycles. The van der Waals surface area contributed by atoms with Crippen molar-refractivity contribution in [2.45, 2.75) is 154 Å². The van der Waals surface area contributed by atoms with Crippen LogP contribution in [-0.2, 0) is 4.79 Å². The van der Waals surface area contributed by atoms with Gasteiger partial charge < -0.3 is 19.5 Å². The van der Waals surface area contributed by atoms with Crippen molar-refractivity contribution in [3.05, 3.63) is 0 Å². The summed E-state index contributed by atoms with van der Waals surface area (Å²) in [4.78, 5) is 10.5. The van der Waals surface area contributed by atoms with E-state index < -0.39 is 11.6 Å². The van der Waals surface area contributed by atoms with Gasteiger partial charge in [0, 0.05) is 5.97 Å². The summed E-state index contributed by atoms with van der Waals surface area (Å²) in [5.74, 6) is -0.953. The summed E-state index contributed by atoms with van der Waals surface area (Å²) in [6.45, 7) is 5.99. The Hall–Kier alpha value is -0.610. The normalized spacial score (nSPS) is 13.8. The third-order valence-corrected chi connectivity index (χ3v) is 6.98. The number of nitrogens with zero attached hydrogens (tertiary/aromatic N) is 1. The molecule has 0 aromatic rings. The highest BCUT2D eigenvalue weighted by atomic mass is 16.4. The fourth-order valence-corrected chi connectivity index (χ4v) is 5.12. The van der Waals surface area contributed by atoms with Crippen LogP contribution in [0.3, 0.4) is 0 Å². The number of carboxylic acid groups (broad SMARTS) is 1. The van der Waals surface area contributed by atoms with Crippen molar-refractivity contribution in [3.63, 3.8) is 0 Å². The maximum absolute atomic E-state index is 10.8. The Kier molecular flexibility index (Phi) is 20.4. The van der Waals surface area contributed by atoms with Gasteiger partial charge in [0.25, 0.3) is 0 Å². The van der Waals surface area contributed by atoms with Gasteiger partial charge in [0.1, 0.15) is 12.1 Å². The quantitative estimate of drug-likeness (QED) is 0.118. The van der Waals surface area contributed by atoms with Crippen LogP contribution in [0.4, 0.5) is 0 Å². The van der Waals surface area contributed by atoms with E-state index in [0.29, 0.717) is 6.42 Å². The molecule has 0 bridgehead atoms. The molecule has 0 heterocycles. The summed E-state index contributed by atoms with van der Waals surface area (Å²) in [5.41, 5.74) is -0.621. The lowest BCUT2D eigenvalue weighted by atomic mass is 9.96. The van der Waals surface area contributed by atoms with Crippen molar-refractivity contribution in [3.8, 4) is 0 Å². The average molecular weight is 470 g/mol. The topological polar surface area (TPSA) is 60.4 Å². The number of rotatable bonds is 25. The lowest BCUT2D eigenvalue weighted by Gasteiger charge is -2.36. The molecule has 1 unspecified atom stereocenters. The molecular weight excluding hydrogens is 410 g/mol. The van der Waals surface area contributed by atoms with Crippen LogP contribution in [0.1, 0.15) is 149 Å². The molecule has 0 saturated heterocycles. The summed E-state index contributed by atoms with van der Waals surface area (Å²) in [7, 11) is 4.33. The number of likely N-dealkylation sites (N-methyl/N-ethyl adjacent to an activating group) is 1. The highest BCUT2D eigenvalue weighted by molar-refractivity contribution is 5.64. The van der Waals surface area contributed by atoms with Gasteiger partial charge in [0.2, 0.25) is 0 Å². The highest BCUT2D eigenvalue weighted by Gasteiger charge is 2.29. The van der Waals surface area contributed by atoms with Crippen LogP contribution in [0.5, 0.6) is 0 Å². The Morgan fingerprint density at radius 2 is 1.09 bits per heavy atom. The van der Waals surface area contributed by atoms with E-state index in [1.165, 1.54) is 96.3 Å². The number of quaternary nitrogens is 1. The van der Waals surface area contributed by atoms with E-state index in [4.69, 9.17) is 0 Å². The Labute approximate surface area is 207 Å². The Balaban J connectivity index is 3.55. The molecule has 0 spiro atoms. The van der Waals surface area contributed by atoms with Gasteiger partial charge in [-0.15, -0.1) is 0 Å². The minimum atomic E-state index is -0.953. The predicted molar refractivity (Wildman–Crippen MR) is 140 cm³/mol. The second kappa shape index (κ2) is 20.7. The maximum atomic E-state index is 10.8. The number of aliphatic hydroxyl groups is 1. The lowest BCUT2D eigenvalue weighted by Crippen LogP contribution is -2.50. The summed E-state index contributed by atoms with van der Waals surface area (Å²) in [6, 6.07) is 0. The fraction of sp³-hybridized carbons (Fsp3) is 0.966. The minimum absolute atomic E-state index is 0.157. The number of carbonyl (C=O) groups excluding carboxylic acids is 1. The molecule has 0 rings (SSSR count). The van der Waals surface area contributed by atoms with Crippen molar-refractivity contribution >= 4 is 5.97 Å². The van der Waals surface area contributed by atoms with Crippen LogP contribution in [-0.4, -0.2) is 48.3 Å². The van der Waals surface area contributed by atoms with E-state index >= 15 is 0 Å². The number of hydrogen-bond acceptors (Lipinski definition) is 3. The monoisotopic (exact) mass is 469 g/mol. The molecule has 0 saturated carbocycles. The molecule has 1 atom stereocenters. The SMILES string of the molecule is CCCCCCCCCCCCCCCCCCC(C)(O)C[N+](C)(C)CCCCCC(=O)[O-]. The van der Waals surface area contributed by atoms with Crippen LogP contribution in [0.2, 0.25) is 0 Å². The van der Waals surface area contributed by atoms with Crippen molar-refractivity contribution in [2.75, 3.05) is 27.2 Å². The first-order valence-electron chi connectivity index (χ1n) is 14.4. The Bertz CT molecular complexity index is 448. The molecule has 198 valence electrons. The zero-order valence-corrected chi connectivity index (χ0v) is 23.0. The number of carboxylic acids is 1. The Morgan fingerprint density at radius 3 is 1.52 bits per heavy atom. The first kappa shape index (κ1) is 32.4. The maximum Gasteiger partial charge on any atom is 0.111 e. The molecule has 4 nitrogen and oxygen atoms in total. The summed E-state index contributed by atoms with van der Waals surface area (Å²) in [5, 5.41) is 21.3. The third kappa shape index (κ3) is 24.3. The molecule has 4 heteroatoms. The van der Waals surface area contributed by atoms with Gasteiger partial charge in [-0.05, 0) is 39.0 Å². The number of carbonyl (C=O) groups is 1. The molecule has 0 aliphatic rings. The van der Waals surface area contributed by atoms with E-state index in [1.807, 2.05) is 6.92 Å². The molecule has 0 aromatic carbocycles. The van der Waals surface area contributed by atoms with Crippen LogP contribution in [0.15, 0.2) is 0 Å². The number of hydrogen-bond donors (Lipinski definition) is 1. The van der Waals surface area contributed by atoms with Crippen molar-refractivity contribution in [2.24, 2.45) is 0 Å². The smallest absolute Gasteiger partial charge is 0.111 e. The molecule has 1 N–H and O–H groups in total. The molecule has 0 amide bonds. The van der Waals surface area contributed by atoms with Gasteiger partial charge in [-0.25, -0.2) is 0 Å². The van der Waals surface area contributed by atoms with Crippen molar-refractivity contribution in [1.29, 1.82) is 0 Å².